The van der Waals surface area contributed by atoms with E-state index in [4.69, 9.17) is 19.0 Å². The number of carbonyl (C=O) groups excluding carboxylic acids is 1. The Morgan fingerprint density at radius 1 is 1.02 bits per heavy atom. The molecule has 2 aromatic carbocycles. The van der Waals surface area contributed by atoms with Gasteiger partial charge in [-0.05, 0) is 49.4 Å². The van der Waals surface area contributed by atoms with Crippen molar-refractivity contribution in [3.8, 4) is 0 Å². The van der Waals surface area contributed by atoms with Crippen LogP contribution >= 0.6 is 0 Å². The predicted octanol–water partition coefficient (Wildman–Crippen LogP) is 1.97. The van der Waals surface area contributed by atoms with Gasteiger partial charge >= 0.3 is 6.09 Å². The van der Waals surface area contributed by atoms with Crippen LogP contribution in [0.1, 0.15) is 37.7 Å². The third-order valence-electron chi connectivity index (χ3n) is 8.43. The van der Waals surface area contributed by atoms with Gasteiger partial charge in [-0.1, -0.05) is 53.7 Å². The number of sulfonamides is 2. The van der Waals surface area contributed by atoms with Crippen molar-refractivity contribution in [2.45, 2.75) is 74.1 Å². The molecule has 2 aromatic rings. The average Bonchev–Trinajstić information content (AvgIpc) is 3.80. The summed E-state index contributed by atoms with van der Waals surface area (Å²) in [4.78, 5) is 19.1. The number of hydrogen-bond acceptors (Lipinski definition) is 11. The van der Waals surface area contributed by atoms with Gasteiger partial charge in [0.2, 0.25) is 10.0 Å². The van der Waals surface area contributed by atoms with Crippen molar-refractivity contribution in [3.05, 3.63) is 60.2 Å². The fourth-order valence-electron chi connectivity index (χ4n) is 5.99. The number of hydrogen-bond donors (Lipinski definition) is 4. The molecule has 3 aliphatic rings. The minimum absolute atomic E-state index is 0.0695. The molecule has 1 amide bonds. The van der Waals surface area contributed by atoms with Crippen LogP contribution in [0.4, 0.5) is 10.5 Å². The molecule has 14 nitrogen and oxygen atoms in total. The molecular formula is C31H44N4O10S2. The number of carbonyl (C=O) groups is 1. The van der Waals surface area contributed by atoms with Gasteiger partial charge in [0, 0.05) is 18.8 Å². The Morgan fingerprint density at radius 3 is 2.53 bits per heavy atom. The fourth-order valence-corrected chi connectivity index (χ4v) is 7.81. The number of nitrogens with one attached hydrogen (secondary N) is 3. The minimum atomic E-state index is -4.30. The van der Waals surface area contributed by atoms with Crippen LogP contribution in [-0.2, 0) is 45.5 Å². The second kappa shape index (κ2) is 16.0. The number of amides is 1. The highest BCUT2D eigenvalue weighted by Gasteiger charge is 2.44. The molecule has 16 heteroatoms. The zero-order valence-corrected chi connectivity index (χ0v) is 28.0. The fraction of sp³-hybridized carbons (Fsp3) is 0.581. The maximum absolute atomic E-state index is 14.0. The number of alkyl carbamates (subject to hydrolysis) is 1. The van der Waals surface area contributed by atoms with Gasteiger partial charge in [0.15, 0.2) is 6.29 Å². The highest BCUT2D eigenvalue weighted by Crippen LogP contribution is 2.33. The number of benzene rings is 2. The molecule has 3 fully saturated rings. The van der Waals surface area contributed by atoms with Gasteiger partial charge in [0.05, 0.1) is 55.1 Å². The molecule has 5 atom stereocenters. The van der Waals surface area contributed by atoms with E-state index in [0.29, 0.717) is 31.6 Å². The lowest BCUT2D eigenvalue weighted by atomic mass is 10.0. The molecule has 47 heavy (non-hydrogen) atoms. The number of ether oxygens (including phenoxy) is 3. The smallest absolute Gasteiger partial charge is 0.407 e. The van der Waals surface area contributed by atoms with Crippen LogP contribution in [0.3, 0.4) is 0 Å². The maximum Gasteiger partial charge on any atom is 0.407 e. The summed E-state index contributed by atoms with van der Waals surface area (Å²) in [5, 5.41) is 17.4. The molecule has 260 valence electrons. The van der Waals surface area contributed by atoms with Crippen molar-refractivity contribution < 1.29 is 45.8 Å². The normalized spacial score (nSPS) is 23.0. The molecule has 0 bridgehead atoms. The molecule has 2 aliphatic heterocycles. The Morgan fingerprint density at radius 2 is 1.79 bits per heavy atom. The van der Waals surface area contributed by atoms with Crippen LogP contribution in [0, 0.1) is 5.92 Å². The number of hydroxylamine groups is 1. The van der Waals surface area contributed by atoms with Crippen molar-refractivity contribution in [1.82, 2.24) is 14.5 Å². The van der Waals surface area contributed by atoms with E-state index >= 15 is 0 Å². The van der Waals surface area contributed by atoms with E-state index in [9.17, 15) is 26.7 Å². The zero-order valence-electron chi connectivity index (χ0n) is 26.3. The number of aliphatic hydroxyl groups is 1. The topological polar surface area (TPSA) is 182 Å². The van der Waals surface area contributed by atoms with E-state index in [2.05, 4.69) is 15.4 Å². The molecule has 0 spiro atoms. The van der Waals surface area contributed by atoms with Crippen LogP contribution < -0.4 is 15.4 Å². The highest BCUT2D eigenvalue weighted by molar-refractivity contribution is 7.89. The monoisotopic (exact) mass is 696 g/mol. The molecule has 0 radical (unpaired) electrons. The molecule has 1 aliphatic carbocycles. The summed E-state index contributed by atoms with van der Waals surface area (Å²) >= 11 is 0. The van der Waals surface area contributed by atoms with Gasteiger partial charge < -0.3 is 30.0 Å². The maximum atomic E-state index is 14.0. The summed E-state index contributed by atoms with van der Waals surface area (Å²) in [7, 11) is -7.66. The minimum Gasteiger partial charge on any atom is -0.443 e. The lowest BCUT2D eigenvalue weighted by Crippen LogP contribution is -2.51. The van der Waals surface area contributed by atoms with Crippen molar-refractivity contribution >= 4 is 31.8 Å². The van der Waals surface area contributed by atoms with Crippen LogP contribution in [0.5, 0.6) is 0 Å². The van der Waals surface area contributed by atoms with Crippen molar-refractivity contribution in [1.29, 1.82) is 0 Å². The summed E-state index contributed by atoms with van der Waals surface area (Å²) in [6.07, 6.45) is 1.71. The second-order valence-electron chi connectivity index (χ2n) is 12.1. The standard InChI is InChI=1S/C31H44N4O10S2/c1-46(38,39)33-16-15-32-23-10-7-13-25(19-23)47(40,41)35(45-24-11-5-6-12-24)20-28(36)27(18-22-8-3-2-4-9-22)34-31(37)44-29-21-43-30-26(29)14-17-42-30/h2-4,7-10,13,19,24,26-30,32-33,36H,5-6,11-12,14-18,20-21H2,1H3,(H,34,37)/t26-,27+,28-,29-,30+/m1/s1. The third-order valence-corrected chi connectivity index (χ3v) is 10.8. The molecule has 0 aromatic heterocycles. The number of anilines is 1. The predicted molar refractivity (Wildman–Crippen MR) is 172 cm³/mol. The van der Waals surface area contributed by atoms with E-state index in [1.54, 1.807) is 12.1 Å². The summed E-state index contributed by atoms with van der Waals surface area (Å²) in [5.41, 5.74) is 1.28. The molecular weight excluding hydrogens is 652 g/mol. The molecule has 2 heterocycles. The average molecular weight is 697 g/mol. The zero-order chi connectivity index (χ0) is 33.4. The number of rotatable bonds is 16. The molecule has 4 N–H and O–H groups in total. The van der Waals surface area contributed by atoms with Gasteiger partial charge in [0.1, 0.15) is 6.10 Å². The lowest BCUT2D eigenvalue weighted by molar-refractivity contribution is -0.145. The van der Waals surface area contributed by atoms with Crippen LogP contribution in [0.2, 0.25) is 0 Å². The molecule has 2 saturated heterocycles. The van der Waals surface area contributed by atoms with Crippen LogP contribution in [-0.4, -0.2) is 102 Å². The first-order valence-corrected chi connectivity index (χ1v) is 19.2. The largest absolute Gasteiger partial charge is 0.443 e. The van der Waals surface area contributed by atoms with Gasteiger partial charge in [-0.2, -0.15) is 0 Å². The Hall–Kier alpha value is -2.83. The van der Waals surface area contributed by atoms with E-state index < -0.39 is 57.2 Å². The highest BCUT2D eigenvalue weighted by atomic mass is 32.2. The van der Waals surface area contributed by atoms with E-state index in [-0.39, 0.29) is 43.0 Å². The van der Waals surface area contributed by atoms with Crippen molar-refractivity contribution in [2.24, 2.45) is 5.92 Å². The van der Waals surface area contributed by atoms with E-state index in [0.717, 1.165) is 29.1 Å². The Balaban J connectivity index is 1.32. The van der Waals surface area contributed by atoms with Gasteiger partial charge in [-0.3, -0.25) is 4.84 Å². The number of fused-ring (bicyclic) bond motifs is 1. The second-order valence-corrected chi connectivity index (χ2v) is 15.8. The van der Waals surface area contributed by atoms with Crippen molar-refractivity contribution in [3.63, 3.8) is 0 Å². The van der Waals surface area contributed by atoms with E-state index in [1.807, 2.05) is 30.3 Å². The first kappa shape index (κ1) is 35.5. The van der Waals surface area contributed by atoms with Gasteiger partial charge in [-0.15, -0.1) is 0 Å². The summed E-state index contributed by atoms with van der Waals surface area (Å²) in [5.74, 6) is -0.0695. The summed E-state index contributed by atoms with van der Waals surface area (Å²) in [6, 6.07) is 14.4. The van der Waals surface area contributed by atoms with E-state index in [1.165, 1.54) is 12.1 Å². The number of nitrogens with zero attached hydrogens (tertiary/aromatic N) is 1. The Kier molecular flexibility index (Phi) is 12.1. The lowest BCUT2D eigenvalue weighted by Gasteiger charge is -2.31. The third kappa shape index (κ3) is 10.1. The quantitative estimate of drug-likeness (QED) is 0.149. The first-order valence-electron chi connectivity index (χ1n) is 15.9. The molecule has 1 saturated carbocycles. The molecule has 0 unspecified atom stereocenters. The Bertz CT molecular complexity index is 1540. The number of aliphatic hydroxyl groups excluding tert-OH is 1. The first-order chi connectivity index (χ1) is 22.5. The summed E-state index contributed by atoms with van der Waals surface area (Å²) < 4.78 is 70.8. The van der Waals surface area contributed by atoms with Gasteiger partial charge in [0.25, 0.3) is 10.0 Å². The SMILES string of the molecule is CS(=O)(=O)NCCNc1cccc(S(=O)(=O)N(C[C@@H](O)[C@H](Cc2ccccc2)NC(=O)O[C@@H]2CO[C@@H]3OCC[C@@H]32)OC2CCCC2)c1. The summed E-state index contributed by atoms with van der Waals surface area (Å²) in [6.45, 7) is 0.606. The van der Waals surface area contributed by atoms with Crippen molar-refractivity contribution in [2.75, 3.05) is 44.4 Å². The van der Waals surface area contributed by atoms with Crippen LogP contribution in [0.15, 0.2) is 59.5 Å². The Labute approximate surface area is 276 Å². The molecule has 5 rings (SSSR count). The van der Waals surface area contributed by atoms with Gasteiger partial charge in [-0.25, -0.2) is 26.4 Å². The van der Waals surface area contributed by atoms with Crippen LogP contribution in [0.25, 0.3) is 0 Å².